The largest absolute Gasteiger partial charge is 0.380 e. The van der Waals surface area contributed by atoms with Crippen molar-refractivity contribution in [1.29, 1.82) is 0 Å². The third kappa shape index (κ3) is 5.70. The predicted molar refractivity (Wildman–Crippen MR) is 77.8 cm³/mol. The second-order valence-corrected chi connectivity index (χ2v) is 5.23. The number of rotatable bonds is 2. The number of methoxy groups -OCH3 is 1. The number of likely N-dealkylation sites (tertiary alicyclic amines) is 1. The number of likely N-dealkylation sites (N-methyl/N-ethyl adjacent to an activating group) is 1. The van der Waals surface area contributed by atoms with Gasteiger partial charge in [-0.15, -0.1) is 0 Å². The summed E-state index contributed by atoms with van der Waals surface area (Å²) in [5.74, 6) is 0.568. The maximum atomic E-state index is 12.1. The molecular weight excluding hydrogens is 241 g/mol. The predicted octanol–water partition coefficient (Wildman–Crippen LogP) is 3.50. The Hall–Kier alpha value is -0.930. The van der Waals surface area contributed by atoms with Crippen molar-refractivity contribution >= 4 is 0 Å². The standard InChI is InChI=1S/C9H19NO.C7H7F/c1-4-10-6-5-8(2)9(7-10)11-3;1-6-2-4-7(8)5-3-6/h8-9H,4-7H2,1-3H3;2-5H,1H3. The zero-order valence-electron chi connectivity index (χ0n) is 12.5. The monoisotopic (exact) mass is 267 g/mol. The molecule has 3 heteroatoms. The molecule has 0 aromatic heterocycles. The fourth-order valence-electron chi connectivity index (χ4n) is 2.23. The Labute approximate surface area is 116 Å². The van der Waals surface area contributed by atoms with E-state index in [1.807, 2.05) is 14.0 Å². The molecule has 0 spiro atoms. The molecule has 2 rings (SSSR count). The molecule has 1 aliphatic heterocycles. The van der Waals surface area contributed by atoms with Crippen LogP contribution in [0, 0.1) is 18.7 Å². The molecule has 0 bridgehead atoms. The number of halogens is 1. The van der Waals surface area contributed by atoms with Crippen molar-refractivity contribution in [3.8, 4) is 0 Å². The summed E-state index contributed by atoms with van der Waals surface area (Å²) < 4.78 is 17.5. The van der Waals surface area contributed by atoms with Gasteiger partial charge in [0.25, 0.3) is 0 Å². The van der Waals surface area contributed by atoms with Gasteiger partial charge < -0.3 is 9.64 Å². The molecule has 19 heavy (non-hydrogen) atoms. The van der Waals surface area contributed by atoms with Gasteiger partial charge in [0.1, 0.15) is 5.82 Å². The van der Waals surface area contributed by atoms with Crippen molar-refractivity contribution in [2.24, 2.45) is 5.92 Å². The van der Waals surface area contributed by atoms with Crippen LogP contribution in [0.1, 0.15) is 25.8 Å². The number of hydrogen-bond acceptors (Lipinski definition) is 2. The van der Waals surface area contributed by atoms with Crippen LogP contribution in [0.25, 0.3) is 0 Å². The fourth-order valence-corrected chi connectivity index (χ4v) is 2.23. The summed E-state index contributed by atoms with van der Waals surface area (Å²) in [7, 11) is 1.82. The third-order valence-electron chi connectivity index (χ3n) is 3.73. The Morgan fingerprint density at radius 2 is 1.95 bits per heavy atom. The highest BCUT2D eigenvalue weighted by molar-refractivity contribution is 5.13. The van der Waals surface area contributed by atoms with E-state index in [1.54, 1.807) is 12.1 Å². The summed E-state index contributed by atoms with van der Waals surface area (Å²) in [6.45, 7) is 9.95. The maximum Gasteiger partial charge on any atom is 0.123 e. The average Bonchev–Trinajstić information content (AvgIpc) is 2.43. The lowest BCUT2D eigenvalue weighted by atomic mass is 9.96. The normalized spacial score (nSPS) is 23.6. The molecule has 0 saturated carbocycles. The lowest BCUT2D eigenvalue weighted by Crippen LogP contribution is -2.43. The van der Waals surface area contributed by atoms with E-state index in [-0.39, 0.29) is 5.82 Å². The smallest absolute Gasteiger partial charge is 0.123 e. The molecule has 1 aromatic rings. The van der Waals surface area contributed by atoms with Crippen LogP contribution in [0.3, 0.4) is 0 Å². The van der Waals surface area contributed by atoms with Gasteiger partial charge in [0.05, 0.1) is 6.10 Å². The highest BCUT2D eigenvalue weighted by Crippen LogP contribution is 2.18. The van der Waals surface area contributed by atoms with E-state index in [9.17, 15) is 4.39 Å². The number of nitrogens with zero attached hydrogens (tertiary/aromatic N) is 1. The van der Waals surface area contributed by atoms with Crippen LogP contribution in [0.4, 0.5) is 4.39 Å². The van der Waals surface area contributed by atoms with E-state index in [2.05, 4.69) is 18.7 Å². The molecule has 0 N–H and O–H groups in total. The van der Waals surface area contributed by atoms with E-state index in [0.29, 0.717) is 6.10 Å². The van der Waals surface area contributed by atoms with Gasteiger partial charge in [-0.05, 0) is 44.5 Å². The molecule has 1 saturated heterocycles. The van der Waals surface area contributed by atoms with Gasteiger partial charge in [-0.2, -0.15) is 0 Å². The fraction of sp³-hybridized carbons (Fsp3) is 0.625. The van der Waals surface area contributed by atoms with Crippen molar-refractivity contribution in [1.82, 2.24) is 4.90 Å². The summed E-state index contributed by atoms with van der Waals surface area (Å²) in [5.41, 5.74) is 1.09. The molecule has 1 aromatic carbocycles. The lowest BCUT2D eigenvalue weighted by Gasteiger charge is -2.35. The van der Waals surface area contributed by atoms with Gasteiger partial charge in [-0.1, -0.05) is 31.5 Å². The van der Waals surface area contributed by atoms with Crippen LogP contribution in [0.15, 0.2) is 24.3 Å². The first-order valence-electron chi connectivity index (χ1n) is 7.04. The van der Waals surface area contributed by atoms with Crippen LogP contribution < -0.4 is 0 Å². The Morgan fingerprint density at radius 1 is 1.32 bits per heavy atom. The minimum atomic E-state index is -0.171. The molecule has 2 unspecified atom stereocenters. The van der Waals surface area contributed by atoms with Gasteiger partial charge in [0, 0.05) is 13.7 Å². The molecule has 0 aliphatic carbocycles. The van der Waals surface area contributed by atoms with Crippen molar-refractivity contribution in [3.05, 3.63) is 35.6 Å². The maximum absolute atomic E-state index is 12.1. The Balaban J connectivity index is 0.000000200. The zero-order valence-corrected chi connectivity index (χ0v) is 12.5. The number of ether oxygens (including phenoxy) is 1. The summed E-state index contributed by atoms with van der Waals surface area (Å²) >= 11 is 0. The second kappa shape index (κ2) is 8.28. The topological polar surface area (TPSA) is 12.5 Å². The van der Waals surface area contributed by atoms with Gasteiger partial charge >= 0.3 is 0 Å². The number of aryl methyl sites for hydroxylation is 1. The second-order valence-electron chi connectivity index (χ2n) is 5.23. The lowest BCUT2D eigenvalue weighted by molar-refractivity contribution is -0.00318. The van der Waals surface area contributed by atoms with Crippen molar-refractivity contribution in [2.75, 3.05) is 26.7 Å². The first kappa shape index (κ1) is 16.1. The van der Waals surface area contributed by atoms with Gasteiger partial charge in [-0.25, -0.2) is 4.39 Å². The van der Waals surface area contributed by atoms with Crippen molar-refractivity contribution in [3.63, 3.8) is 0 Å². The summed E-state index contributed by atoms with van der Waals surface area (Å²) in [6.07, 6.45) is 1.75. The molecular formula is C16H26FNO. The van der Waals surface area contributed by atoms with E-state index in [4.69, 9.17) is 4.74 Å². The minimum Gasteiger partial charge on any atom is -0.380 e. The van der Waals surface area contributed by atoms with E-state index in [1.165, 1.54) is 25.1 Å². The van der Waals surface area contributed by atoms with Crippen LogP contribution in [-0.4, -0.2) is 37.7 Å². The number of benzene rings is 1. The van der Waals surface area contributed by atoms with Gasteiger partial charge in [0.2, 0.25) is 0 Å². The highest BCUT2D eigenvalue weighted by atomic mass is 19.1. The van der Waals surface area contributed by atoms with Gasteiger partial charge in [0.15, 0.2) is 0 Å². The molecule has 2 nitrogen and oxygen atoms in total. The van der Waals surface area contributed by atoms with Crippen LogP contribution in [-0.2, 0) is 4.74 Å². The van der Waals surface area contributed by atoms with Crippen LogP contribution in [0.2, 0.25) is 0 Å². The third-order valence-corrected chi connectivity index (χ3v) is 3.73. The first-order chi connectivity index (χ1) is 9.06. The van der Waals surface area contributed by atoms with Crippen LogP contribution >= 0.6 is 0 Å². The molecule has 0 amide bonds. The SMILES string of the molecule is CCN1CCC(C)C(OC)C1.Cc1ccc(F)cc1. The zero-order chi connectivity index (χ0) is 14.3. The Kier molecular flexibility index (Phi) is 7.03. The molecule has 0 radical (unpaired) electrons. The van der Waals surface area contributed by atoms with E-state index >= 15 is 0 Å². The summed E-state index contributed by atoms with van der Waals surface area (Å²) in [5, 5.41) is 0. The molecule has 1 heterocycles. The highest BCUT2D eigenvalue weighted by Gasteiger charge is 2.24. The quantitative estimate of drug-likeness (QED) is 0.813. The van der Waals surface area contributed by atoms with Crippen molar-refractivity contribution < 1.29 is 9.13 Å². The van der Waals surface area contributed by atoms with Gasteiger partial charge in [-0.3, -0.25) is 0 Å². The summed E-state index contributed by atoms with van der Waals surface area (Å²) in [4.78, 5) is 2.45. The first-order valence-corrected chi connectivity index (χ1v) is 7.04. The molecule has 108 valence electrons. The Morgan fingerprint density at radius 3 is 2.42 bits per heavy atom. The van der Waals surface area contributed by atoms with Crippen LogP contribution in [0.5, 0.6) is 0 Å². The Bertz CT molecular complexity index is 331. The van der Waals surface area contributed by atoms with Crippen molar-refractivity contribution in [2.45, 2.75) is 33.3 Å². The van der Waals surface area contributed by atoms with E-state index < -0.39 is 0 Å². The number of piperidine rings is 1. The average molecular weight is 267 g/mol. The molecule has 2 atom stereocenters. The summed E-state index contributed by atoms with van der Waals surface area (Å²) in [6, 6.07) is 6.40. The minimum absolute atomic E-state index is 0.171. The molecule has 1 fully saturated rings. The number of hydrogen-bond donors (Lipinski definition) is 0. The molecule has 1 aliphatic rings. The van der Waals surface area contributed by atoms with E-state index in [0.717, 1.165) is 24.6 Å².